The van der Waals surface area contributed by atoms with Crippen molar-refractivity contribution in [3.63, 3.8) is 0 Å². The Morgan fingerprint density at radius 2 is 1.62 bits per heavy atom. The molecule has 0 bridgehead atoms. The Morgan fingerprint density at radius 3 is 2.19 bits per heavy atom. The van der Waals surface area contributed by atoms with E-state index in [0.29, 0.717) is 10.9 Å². The summed E-state index contributed by atoms with van der Waals surface area (Å²) in [6, 6.07) is 13.8. The first-order valence-corrected chi connectivity index (χ1v) is 13.0. The molecule has 0 atom stereocenters. The lowest BCUT2D eigenvalue weighted by Gasteiger charge is -2.33. The quantitative estimate of drug-likeness (QED) is 0.596. The lowest BCUT2D eigenvalue weighted by molar-refractivity contribution is 0.519. The summed E-state index contributed by atoms with van der Waals surface area (Å²) >= 11 is 0. The number of benzene rings is 2. The second kappa shape index (κ2) is 9.28. The second-order valence-corrected chi connectivity index (χ2v) is 10.5. The number of nitrogens with one attached hydrogen (secondary N) is 1. The topological polar surface area (TPSA) is 75.2 Å². The SMILES string of the molecule is CCc1cnc(N2CCC(Nc3ccc(-c4ccc(S(C)(=O)=O)cc4)cc3C)CC2)nc1. The molecule has 1 fully saturated rings. The van der Waals surface area contributed by atoms with Crippen LogP contribution in [0.4, 0.5) is 11.6 Å². The number of sulfone groups is 1. The van der Waals surface area contributed by atoms with Crippen LogP contribution in [-0.2, 0) is 16.3 Å². The van der Waals surface area contributed by atoms with E-state index in [1.807, 2.05) is 24.5 Å². The first-order valence-electron chi connectivity index (χ1n) is 11.1. The van der Waals surface area contributed by atoms with Crippen molar-refractivity contribution in [3.8, 4) is 11.1 Å². The summed E-state index contributed by atoms with van der Waals surface area (Å²) in [6.45, 7) is 6.09. The highest BCUT2D eigenvalue weighted by molar-refractivity contribution is 7.90. The standard InChI is InChI=1S/C25H30N4O2S/c1-4-19-16-26-25(27-17-19)29-13-11-22(12-14-29)28-24-10-7-21(15-18(24)2)20-5-8-23(9-6-20)32(3,30)31/h5-10,15-17,22,28H,4,11-14H2,1-3H3. The number of aromatic nitrogens is 2. The molecular formula is C25H30N4O2S. The highest BCUT2D eigenvalue weighted by Gasteiger charge is 2.21. The van der Waals surface area contributed by atoms with Gasteiger partial charge in [-0.1, -0.05) is 25.1 Å². The third kappa shape index (κ3) is 5.10. The Bertz CT molecular complexity index is 1170. The number of anilines is 2. The van der Waals surface area contributed by atoms with E-state index in [2.05, 4.69) is 52.2 Å². The number of rotatable bonds is 6. The molecule has 6 nitrogen and oxygen atoms in total. The van der Waals surface area contributed by atoms with Gasteiger partial charge in [0.2, 0.25) is 5.95 Å². The van der Waals surface area contributed by atoms with Crippen molar-refractivity contribution >= 4 is 21.5 Å². The molecule has 7 heteroatoms. The van der Waals surface area contributed by atoms with Crippen molar-refractivity contribution in [2.24, 2.45) is 0 Å². The van der Waals surface area contributed by atoms with Crippen LogP contribution in [0.15, 0.2) is 59.8 Å². The summed E-state index contributed by atoms with van der Waals surface area (Å²) in [5, 5.41) is 3.70. The number of piperidine rings is 1. The molecule has 0 radical (unpaired) electrons. The fourth-order valence-electron chi connectivity index (χ4n) is 4.04. The number of aryl methyl sites for hydroxylation is 2. The second-order valence-electron chi connectivity index (χ2n) is 8.48. The van der Waals surface area contributed by atoms with E-state index in [1.165, 1.54) is 11.8 Å². The summed E-state index contributed by atoms with van der Waals surface area (Å²) in [7, 11) is -3.18. The van der Waals surface area contributed by atoms with Gasteiger partial charge >= 0.3 is 0 Å². The smallest absolute Gasteiger partial charge is 0.225 e. The van der Waals surface area contributed by atoms with E-state index in [0.717, 1.165) is 60.7 Å². The van der Waals surface area contributed by atoms with Crippen LogP contribution in [0.25, 0.3) is 11.1 Å². The molecule has 4 rings (SSSR count). The van der Waals surface area contributed by atoms with Gasteiger partial charge in [-0.15, -0.1) is 0 Å². The molecule has 1 aliphatic heterocycles. The molecule has 3 aromatic rings. The lowest BCUT2D eigenvalue weighted by Crippen LogP contribution is -2.40. The van der Waals surface area contributed by atoms with Gasteiger partial charge in [0.25, 0.3) is 0 Å². The summed E-state index contributed by atoms with van der Waals surface area (Å²) in [6.07, 6.45) is 8.10. The highest BCUT2D eigenvalue weighted by atomic mass is 32.2. The predicted octanol–water partition coefficient (Wildman–Crippen LogP) is 4.50. The van der Waals surface area contributed by atoms with E-state index >= 15 is 0 Å². The minimum Gasteiger partial charge on any atom is -0.382 e. The van der Waals surface area contributed by atoms with Gasteiger partial charge in [0.05, 0.1) is 4.90 Å². The molecule has 2 heterocycles. The highest BCUT2D eigenvalue weighted by Crippen LogP contribution is 2.28. The number of hydrogen-bond acceptors (Lipinski definition) is 6. The monoisotopic (exact) mass is 450 g/mol. The molecule has 1 aliphatic rings. The molecule has 0 unspecified atom stereocenters. The summed E-state index contributed by atoms with van der Waals surface area (Å²) < 4.78 is 23.4. The maximum absolute atomic E-state index is 11.7. The van der Waals surface area contributed by atoms with Crippen molar-refractivity contribution in [3.05, 3.63) is 66.0 Å². The van der Waals surface area contributed by atoms with Crippen LogP contribution in [0.2, 0.25) is 0 Å². The van der Waals surface area contributed by atoms with Gasteiger partial charge < -0.3 is 10.2 Å². The van der Waals surface area contributed by atoms with Gasteiger partial charge in [-0.3, -0.25) is 0 Å². The van der Waals surface area contributed by atoms with Crippen molar-refractivity contribution in [1.82, 2.24) is 9.97 Å². The van der Waals surface area contributed by atoms with E-state index in [1.54, 1.807) is 12.1 Å². The third-order valence-electron chi connectivity index (χ3n) is 6.08. The van der Waals surface area contributed by atoms with Gasteiger partial charge in [0.15, 0.2) is 9.84 Å². The summed E-state index contributed by atoms with van der Waals surface area (Å²) in [5.41, 5.74) is 5.57. The Morgan fingerprint density at radius 1 is 1.00 bits per heavy atom. The molecule has 32 heavy (non-hydrogen) atoms. The largest absolute Gasteiger partial charge is 0.382 e. The van der Waals surface area contributed by atoms with Crippen LogP contribution in [-0.4, -0.2) is 43.8 Å². The van der Waals surface area contributed by atoms with Crippen LogP contribution < -0.4 is 10.2 Å². The van der Waals surface area contributed by atoms with Gasteiger partial charge in [-0.25, -0.2) is 18.4 Å². The van der Waals surface area contributed by atoms with E-state index < -0.39 is 9.84 Å². The number of hydrogen-bond donors (Lipinski definition) is 1. The lowest BCUT2D eigenvalue weighted by atomic mass is 10.0. The first-order chi connectivity index (χ1) is 15.3. The molecule has 168 valence electrons. The van der Waals surface area contributed by atoms with Gasteiger partial charge in [-0.2, -0.15) is 0 Å². The molecule has 0 saturated carbocycles. The Labute approximate surface area is 190 Å². The van der Waals surface area contributed by atoms with E-state index in [4.69, 9.17) is 0 Å². The van der Waals surface area contributed by atoms with Crippen molar-refractivity contribution in [1.29, 1.82) is 0 Å². The van der Waals surface area contributed by atoms with Crippen LogP contribution in [0.3, 0.4) is 0 Å². The third-order valence-corrected chi connectivity index (χ3v) is 7.21. The summed E-state index contributed by atoms with van der Waals surface area (Å²) in [5.74, 6) is 0.822. The molecule has 2 aromatic carbocycles. The maximum Gasteiger partial charge on any atom is 0.225 e. The summed E-state index contributed by atoms with van der Waals surface area (Å²) in [4.78, 5) is 11.6. The average Bonchev–Trinajstić information content (AvgIpc) is 2.80. The fourth-order valence-corrected chi connectivity index (χ4v) is 4.67. The predicted molar refractivity (Wildman–Crippen MR) is 130 cm³/mol. The maximum atomic E-state index is 11.7. The zero-order valence-electron chi connectivity index (χ0n) is 18.9. The van der Waals surface area contributed by atoms with Crippen LogP contribution in [0.1, 0.15) is 30.9 Å². The molecule has 0 spiro atoms. The van der Waals surface area contributed by atoms with Crippen LogP contribution >= 0.6 is 0 Å². The van der Waals surface area contributed by atoms with E-state index in [9.17, 15) is 8.42 Å². The molecule has 1 aromatic heterocycles. The van der Waals surface area contributed by atoms with Crippen LogP contribution in [0, 0.1) is 6.92 Å². The minimum atomic E-state index is -3.18. The zero-order chi connectivity index (χ0) is 22.7. The molecule has 0 aliphatic carbocycles. The van der Waals surface area contributed by atoms with E-state index in [-0.39, 0.29) is 0 Å². The first kappa shape index (κ1) is 22.3. The van der Waals surface area contributed by atoms with Crippen molar-refractivity contribution in [2.75, 3.05) is 29.6 Å². The van der Waals surface area contributed by atoms with Crippen molar-refractivity contribution < 1.29 is 8.42 Å². The Balaban J connectivity index is 1.38. The fraction of sp³-hybridized carbons (Fsp3) is 0.360. The molecule has 1 N–H and O–H groups in total. The molecular weight excluding hydrogens is 420 g/mol. The van der Waals surface area contributed by atoms with Gasteiger partial charge in [0, 0.05) is 43.5 Å². The molecule has 0 amide bonds. The zero-order valence-corrected chi connectivity index (χ0v) is 19.7. The Kier molecular flexibility index (Phi) is 6.46. The minimum absolute atomic E-state index is 0.342. The van der Waals surface area contributed by atoms with Crippen molar-refractivity contribution in [2.45, 2.75) is 44.0 Å². The molecule has 1 saturated heterocycles. The van der Waals surface area contributed by atoms with Gasteiger partial charge in [0.1, 0.15) is 0 Å². The Hall–Kier alpha value is -2.93. The van der Waals surface area contributed by atoms with Gasteiger partial charge in [-0.05, 0) is 72.7 Å². The van der Waals surface area contributed by atoms with Crippen LogP contribution in [0.5, 0.6) is 0 Å². The normalized spacial score (nSPS) is 15.0. The number of nitrogens with zero attached hydrogens (tertiary/aromatic N) is 3. The average molecular weight is 451 g/mol.